The van der Waals surface area contributed by atoms with Gasteiger partial charge in [-0.15, -0.1) is 10.2 Å². The van der Waals surface area contributed by atoms with Crippen LogP contribution in [-0.2, 0) is 30.8 Å². The van der Waals surface area contributed by atoms with Crippen LogP contribution >= 0.6 is 0 Å². The van der Waals surface area contributed by atoms with Crippen LogP contribution in [0, 0.1) is 0 Å². The smallest absolute Gasteiger partial charge is 0.276 e. The third-order valence-corrected chi connectivity index (χ3v) is 5.96. The van der Waals surface area contributed by atoms with E-state index in [9.17, 15) is 9.59 Å². The maximum absolute atomic E-state index is 12.9. The predicted molar refractivity (Wildman–Crippen MR) is 107 cm³/mol. The number of nitrogens with zero attached hydrogens (tertiary/aromatic N) is 9. The number of amides is 2. The van der Waals surface area contributed by atoms with Crippen molar-refractivity contribution in [1.29, 1.82) is 0 Å². The number of carbonyl (C=O) groups is 2. The van der Waals surface area contributed by atoms with Crippen molar-refractivity contribution in [2.45, 2.75) is 44.9 Å². The van der Waals surface area contributed by atoms with E-state index in [0.717, 1.165) is 19.3 Å². The van der Waals surface area contributed by atoms with Gasteiger partial charge in [0.25, 0.3) is 5.91 Å². The SMILES string of the molecule is O=C(c1cn(C[C@@H]2CCCN2C(=O)Cn2cnnn2)nn1)N1CCc2ccccc2C1. The largest absolute Gasteiger partial charge is 0.336 e. The monoisotopic (exact) mass is 421 g/mol. The van der Waals surface area contributed by atoms with Crippen LogP contribution in [0.5, 0.6) is 0 Å². The zero-order valence-corrected chi connectivity index (χ0v) is 17.0. The molecule has 2 amide bonds. The van der Waals surface area contributed by atoms with E-state index >= 15 is 0 Å². The molecule has 160 valence electrons. The Morgan fingerprint density at radius 1 is 1.06 bits per heavy atom. The van der Waals surface area contributed by atoms with Crippen LogP contribution in [0.2, 0.25) is 0 Å². The van der Waals surface area contributed by atoms with E-state index in [0.29, 0.717) is 31.9 Å². The van der Waals surface area contributed by atoms with Crippen LogP contribution in [0.3, 0.4) is 0 Å². The lowest BCUT2D eigenvalue weighted by Crippen LogP contribution is -2.40. The topological polar surface area (TPSA) is 115 Å². The minimum absolute atomic E-state index is 0.00972. The summed E-state index contributed by atoms with van der Waals surface area (Å²) in [6.45, 7) is 2.57. The minimum Gasteiger partial charge on any atom is -0.336 e. The lowest BCUT2D eigenvalue weighted by molar-refractivity contribution is -0.133. The fourth-order valence-corrected chi connectivity index (χ4v) is 4.37. The number of tetrazole rings is 1. The molecule has 0 radical (unpaired) electrons. The van der Waals surface area contributed by atoms with Crippen molar-refractivity contribution in [2.75, 3.05) is 13.1 Å². The van der Waals surface area contributed by atoms with Gasteiger partial charge in [0.15, 0.2) is 5.69 Å². The second kappa shape index (κ2) is 8.25. The van der Waals surface area contributed by atoms with Crippen molar-refractivity contribution in [3.8, 4) is 0 Å². The summed E-state index contributed by atoms with van der Waals surface area (Å²) in [5, 5.41) is 19.1. The summed E-state index contributed by atoms with van der Waals surface area (Å²) in [6.07, 6.45) is 5.77. The number of aromatic nitrogens is 7. The lowest BCUT2D eigenvalue weighted by atomic mass is 10.00. The fraction of sp³-hybridized carbons (Fsp3) is 0.450. The normalized spacial score (nSPS) is 18.3. The van der Waals surface area contributed by atoms with Gasteiger partial charge in [-0.25, -0.2) is 9.36 Å². The molecule has 11 nitrogen and oxygen atoms in total. The van der Waals surface area contributed by atoms with E-state index in [1.807, 2.05) is 21.9 Å². The summed E-state index contributed by atoms with van der Waals surface area (Å²) in [5.41, 5.74) is 2.81. The van der Waals surface area contributed by atoms with Crippen LogP contribution in [0.4, 0.5) is 0 Å². The molecular formula is C20H23N9O2. The Balaban J connectivity index is 1.22. The molecule has 1 aromatic carbocycles. The minimum atomic E-state index is -0.112. The Hall–Kier alpha value is -3.63. The summed E-state index contributed by atoms with van der Waals surface area (Å²) >= 11 is 0. The van der Waals surface area contributed by atoms with Crippen molar-refractivity contribution in [3.05, 3.63) is 53.6 Å². The van der Waals surface area contributed by atoms with Gasteiger partial charge in [0, 0.05) is 19.6 Å². The number of hydrogen-bond donors (Lipinski definition) is 0. The molecule has 4 heterocycles. The van der Waals surface area contributed by atoms with Crippen molar-refractivity contribution in [1.82, 2.24) is 45.0 Å². The van der Waals surface area contributed by atoms with Gasteiger partial charge in [0.1, 0.15) is 12.9 Å². The van der Waals surface area contributed by atoms with Gasteiger partial charge in [-0.2, -0.15) is 0 Å². The summed E-state index contributed by atoms with van der Waals surface area (Å²) in [7, 11) is 0. The van der Waals surface area contributed by atoms with E-state index in [2.05, 4.69) is 38.0 Å². The lowest BCUT2D eigenvalue weighted by Gasteiger charge is -2.28. The Morgan fingerprint density at radius 3 is 2.77 bits per heavy atom. The highest BCUT2D eigenvalue weighted by Crippen LogP contribution is 2.21. The van der Waals surface area contributed by atoms with Gasteiger partial charge in [-0.1, -0.05) is 29.5 Å². The van der Waals surface area contributed by atoms with Crippen LogP contribution in [0.25, 0.3) is 0 Å². The number of hydrogen-bond acceptors (Lipinski definition) is 7. The molecule has 11 heteroatoms. The number of rotatable bonds is 5. The quantitative estimate of drug-likeness (QED) is 0.576. The maximum atomic E-state index is 12.9. The van der Waals surface area contributed by atoms with Crippen LogP contribution in [0.1, 0.15) is 34.5 Å². The first-order chi connectivity index (χ1) is 15.2. The van der Waals surface area contributed by atoms with Crippen LogP contribution in [-0.4, -0.2) is 75.9 Å². The van der Waals surface area contributed by atoms with E-state index < -0.39 is 0 Å². The number of carbonyl (C=O) groups excluding carboxylic acids is 2. The third-order valence-electron chi connectivity index (χ3n) is 5.96. The predicted octanol–water partition coefficient (Wildman–Crippen LogP) is 0.154. The van der Waals surface area contributed by atoms with Gasteiger partial charge < -0.3 is 9.80 Å². The molecule has 1 saturated heterocycles. The first-order valence-electron chi connectivity index (χ1n) is 10.4. The average molecular weight is 421 g/mol. The average Bonchev–Trinajstić information content (AvgIpc) is 3.55. The summed E-state index contributed by atoms with van der Waals surface area (Å²) in [4.78, 5) is 29.2. The zero-order valence-electron chi connectivity index (χ0n) is 17.0. The molecule has 0 bridgehead atoms. The number of fused-ring (bicyclic) bond motifs is 1. The van der Waals surface area contributed by atoms with Gasteiger partial charge in [0.2, 0.25) is 5.91 Å². The molecule has 2 aliphatic rings. The molecule has 3 aromatic rings. The Bertz CT molecular complexity index is 1080. The highest BCUT2D eigenvalue weighted by Gasteiger charge is 2.30. The standard InChI is InChI=1S/C20H23N9O2/c30-19(13-28-14-21-23-25-28)29-8-3-6-17(29)11-27-12-18(22-24-27)20(31)26-9-7-15-4-1-2-5-16(15)10-26/h1-2,4-5,12,14,17H,3,6-11,13H2/t17-/m0/s1. The Kier molecular flexibility index (Phi) is 5.14. The molecule has 31 heavy (non-hydrogen) atoms. The van der Waals surface area contributed by atoms with Crippen LogP contribution < -0.4 is 0 Å². The van der Waals surface area contributed by atoms with E-state index in [4.69, 9.17) is 0 Å². The molecule has 0 aliphatic carbocycles. The van der Waals surface area contributed by atoms with Crippen molar-refractivity contribution in [3.63, 3.8) is 0 Å². The molecule has 1 fully saturated rings. The van der Waals surface area contributed by atoms with Gasteiger partial charge >= 0.3 is 0 Å². The molecular weight excluding hydrogens is 398 g/mol. The third kappa shape index (κ3) is 4.03. The molecule has 2 aromatic heterocycles. The van der Waals surface area contributed by atoms with E-state index in [1.165, 1.54) is 22.1 Å². The van der Waals surface area contributed by atoms with Gasteiger partial charge in [-0.3, -0.25) is 9.59 Å². The molecule has 2 aliphatic heterocycles. The Labute approximate surface area is 178 Å². The molecule has 1 atom stereocenters. The second-order valence-corrected chi connectivity index (χ2v) is 7.96. The first kappa shape index (κ1) is 19.3. The van der Waals surface area contributed by atoms with Gasteiger partial charge in [0.05, 0.1) is 18.8 Å². The molecule has 0 spiro atoms. The highest BCUT2D eigenvalue weighted by molar-refractivity contribution is 5.92. The highest BCUT2D eigenvalue weighted by atomic mass is 16.2. The zero-order chi connectivity index (χ0) is 21.2. The summed E-state index contributed by atoms with van der Waals surface area (Å²) in [6, 6.07) is 8.21. The Morgan fingerprint density at radius 2 is 1.94 bits per heavy atom. The first-order valence-corrected chi connectivity index (χ1v) is 10.4. The number of likely N-dealkylation sites (tertiary alicyclic amines) is 1. The van der Waals surface area contributed by atoms with Gasteiger partial charge in [-0.05, 0) is 40.8 Å². The van der Waals surface area contributed by atoms with E-state index in [1.54, 1.807) is 10.9 Å². The second-order valence-electron chi connectivity index (χ2n) is 7.96. The van der Waals surface area contributed by atoms with Crippen molar-refractivity contribution in [2.24, 2.45) is 0 Å². The molecule has 0 saturated carbocycles. The molecule has 5 rings (SSSR count). The van der Waals surface area contributed by atoms with Crippen molar-refractivity contribution < 1.29 is 9.59 Å². The fourth-order valence-electron chi connectivity index (χ4n) is 4.37. The maximum Gasteiger partial charge on any atom is 0.276 e. The molecule has 0 unspecified atom stereocenters. The number of benzene rings is 1. The summed E-state index contributed by atoms with van der Waals surface area (Å²) < 4.78 is 3.08. The summed E-state index contributed by atoms with van der Waals surface area (Å²) in [5.74, 6) is -0.142. The van der Waals surface area contributed by atoms with E-state index in [-0.39, 0.29) is 24.4 Å². The van der Waals surface area contributed by atoms with Crippen LogP contribution in [0.15, 0.2) is 36.8 Å². The van der Waals surface area contributed by atoms with Crippen molar-refractivity contribution >= 4 is 11.8 Å². The molecule has 0 N–H and O–H groups in total.